The van der Waals surface area contributed by atoms with Crippen LogP contribution in [0.1, 0.15) is 60.8 Å². The average Bonchev–Trinajstić information content (AvgIpc) is 2.32. The fourth-order valence-corrected chi connectivity index (χ4v) is 3.24. The molecule has 0 aromatic carbocycles. The quantitative estimate of drug-likeness (QED) is 0.776. The monoisotopic (exact) mass is 311 g/mol. The topological polar surface area (TPSA) is 75.6 Å². The molecule has 3 atom stereocenters. The van der Waals surface area contributed by atoms with Gasteiger partial charge in [-0.2, -0.15) is 0 Å². The van der Waals surface area contributed by atoms with E-state index in [-0.39, 0.29) is 0 Å². The number of alkyl carbamates (subject to hydrolysis) is 1. The van der Waals surface area contributed by atoms with Crippen molar-refractivity contribution in [3.63, 3.8) is 0 Å². The smallest absolute Gasteiger partial charge is 0.408 e. The summed E-state index contributed by atoms with van der Waals surface area (Å²) in [5.41, 5.74) is -0.0113. The van der Waals surface area contributed by atoms with Gasteiger partial charge in [-0.05, 0) is 46.0 Å². The molecule has 0 spiro atoms. The molecule has 22 heavy (non-hydrogen) atoms. The number of carboxylic acids is 1. The lowest BCUT2D eigenvalue weighted by Crippen LogP contribution is -2.53. The minimum Gasteiger partial charge on any atom is -0.480 e. The maximum absolute atomic E-state index is 12.0. The van der Waals surface area contributed by atoms with Crippen molar-refractivity contribution in [3.8, 4) is 0 Å². The molecule has 0 heterocycles. The highest BCUT2D eigenvalue weighted by molar-refractivity contribution is 5.81. The van der Waals surface area contributed by atoms with Crippen LogP contribution in [0, 0.1) is 11.3 Å². The Balaban J connectivity index is 2.99. The van der Waals surface area contributed by atoms with Crippen LogP contribution in [0.3, 0.4) is 0 Å². The van der Waals surface area contributed by atoms with Gasteiger partial charge in [0.1, 0.15) is 11.6 Å². The number of amides is 1. The minimum atomic E-state index is -1.03. The fourth-order valence-electron chi connectivity index (χ4n) is 3.24. The highest BCUT2D eigenvalue weighted by atomic mass is 16.6. The van der Waals surface area contributed by atoms with E-state index >= 15 is 0 Å². The molecule has 0 aromatic heterocycles. The molecule has 126 valence electrons. The second-order valence-electron chi connectivity index (χ2n) is 7.59. The van der Waals surface area contributed by atoms with Crippen molar-refractivity contribution < 1.29 is 19.4 Å². The van der Waals surface area contributed by atoms with Crippen LogP contribution in [0.5, 0.6) is 0 Å². The van der Waals surface area contributed by atoms with Gasteiger partial charge in [-0.25, -0.2) is 9.59 Å². The summed E-state index contributed by atoms with van der Waals surface area (Å²) in [5, 5.41) is 12.1. The zero-order chi connectivity index (χ0) is 17.1. The molecule has 0 fully saturated rings. The molecule has 2 unspecified atom stereocenters. The van der Waals surface area contributed by atoms with Crippen molar-refractivity contribution in [1.29, 1.82) is 0 Å². The van der Waals surface area contributed by atoms with Crippen LogP contribution in [-0.2, 0) is 9.53 Å². The van der Waals surface area contributed by atoms with Gasteiger partial charge in [0, 0.05) is 5.41 Å². The van der Waals surface area contributed by atoms with Gasteiger partial charge in [-0.3, -0.25) is 0 Å². The highest BCUT2D eigenvalue weighted by Gasteiger charge is 2.42. The SMILES string of the molecule is CCC1=CC(C)([C@H](NC(=O)OC(C)(C)C)C(=O)O)CC(C)C1. The summed E-state index contributed by atoms with van der Waals surface area (Å²) in [7, 11) is 0. The van der Waals surface area contributed by atoms with Crippen molar-refractivity contribution in [3.05, 3.63) is 11.6 Å². The third-order valence-electron chi connectivity index (χ3n) is 3.95. The molecule has 2 N–H and O–H groups in total. The molecule has 1 aliphatic rings. The van der Waals surface area contributed by atoms with Crippen LogP contribution >= 0.6 is 0 Å². The first-order chi connectivity index (χ1) is 9.97. The van der Waals surface area contributed by atoms with E-state index in [1.165, 1.54) is 5.57 Å². The molecule has 0 bridgehead atoms. The van der Waals surface area contributed by atoms with Crippen molar-refractivity contribution in [2.24, 2.45) is 11.3 Å². The van der Waals surface area contributed by atoms with Gasteiger partial charge in [0.2, 0.25) is 0 Å². The zero-order valence-corrected chi connectivity index (χ0v) is 14.5. The van der Waals surface area contributed by atoms with Gasteiger partial charge in [0.25, 0.3) is 0 Å². The second-order valence-corrected chi connectivity index (χ2v) is 7.59. The number of allylic oxidation sites excluding steroid dienone is 1. The summed E-state index contributed by atoms with van der Waals surface area (Å²) in [6, 6.07) is -0.994. The third-order valence-corrected chi connectivity index (χ3v) is 3.95. The van der Waals surface area contributed by atoms with E-state index in [9.17, 15) is 14.7 Å². The predicted molar refractivity (Wildman–Crippen MR) is 85.7 cm³/mol. The Morgan fingerprint density at radius 1 is 1.50 bits per heavy atom. The Bertz CT molecular complexity index is 464. The van der Waals surface area contributed by atoms with Crippen LogP contribution in [-0.4, -0.2) is 28.8 Å². The molecule has 5 nitrogen and oxygen atoms in total. The lowest BCUT2D eigenvalue weighted by atomic mass is 9.68. The summed E-state index contributed by atoms with van der Waals surface area (Å²) in [4.78, 5) is 23.7. The predicted octanol–water partition coefficient (Wildman–Crippen LogP) is 3.74. The maximum atomic E-state index is 12.0. The first kappa shape index (κ1) is 18.5. The van der Waals surface area contributed by atoms with Gasteiger partial charge in [-0.15, -0.1) is 0 Å². The Morgan fingerprint density at radius 3 is 2.55 bits per heavy atom. The Hall–Kier alpha value is -1.52. The number of rotatable bonds is 4. The van der Waals surface area contributed by atoms with Crippen LogP contribution in [0.25, 0.3) is 0 Å². The van der Waals surface area contributed by atoms with Crippen LogP contribution in [0.2, 0.25) is 0 Å². The zero-order valence-electron chi connectivity index (χ0n) is 14.5. The molecule has 0 aliphatic heterocycles. The number of hydrogen-bond acceptors (Lipinski definition) is 3. The van der Waals surface area contributed by atoms with E-state index < -0.39 is 29.1 Å². The third kappa shape index (κ3) is 5.04. The summed E-state index contributed by atoms with van der Waals surface area (Å²) < 4.78 is 5.20. The standard InChI is InChI=1S/C17H29NO4/c1-7-12-8-11(2)9-17(6,10-12)13(14(19)20)18-15(21)22-16(3,4)5/h10-11,13H,7-9H2,1-6H3,(H,18,21)(H,19,20)/t11?,13-,17?/m1/s1. The molecule has 0 aromatic rings. The van der Waals surface area contributed by atoms with E-state index in [1.807, 2.05) is 13.0 Å². The van der Waals surface area contributed by atoms with Crippen molar-refractivity contribution in [2.45, 2.75) is 72.4 Å². The summed E-state index contributed by atoms with van der Waals surface area (Å²) in [5.74, 6) is -0.638. The number of nitrogens with one attached hydrogen (secondary N) is 1. The largest absolute Gasteiger partial charge is 0.480 e. The first-order valence-corrected chi connectivity index (χ1v) is 7.90. The van der Waals surface area contributed by atoms with Crippen LogP contribution in [0.4, 0.5) is 4.79 Å². The van der Waals surface area contributed by atoms with Crippen LogP contribution in [0.15, 0.2) is 11.6 Å². The average molecular weight is 311 g/mol. The van der Waals surface area contributed by atoms with E-state index in [2.05, 4.69) is 19.2 Å². The molecule has 1 rings (SSSR count). The van der Waals surface area contributed by atoms with E-state index in [0.717, 1.165) is 19.3 Å². The number of carboxylic acid groups (broad SMARTS) is 1. The first-order valence-electron chi connectivity index (χ1n) is 7.90. The Morgan fingerprint density at radius 2 is 2.09 bits per heavy atom. The number of ether oxygens (including phenoxy) is 1. The van der Waals surface area contributed by atoms with E-state index in [4.69, 9.17) is 4.74 Å². The maximum Gasteiger partial charge on any atom is 0.408 e. The molecule has 1 amide bonds. The molecule has 1 aliphatic carbocycles. The van der Waals surface area contributed by atoms with Gasteiger partial charge in [0.05, 0.1) is 0 Å². The van der Waals surface area contributed by atoms with Crippen LogP contribution < -0.4 is 5.32 Å². The van der Waals surface area contributed by atoms with Crippen molar-refractivity contribution in [1.82, 2.24) is 5.32 Å². The Labute approximate surface area is 133 Å². The molecular formula is C17H29NO4. The van der Waals surface area contributed by atoms with Gasteiger partial charge in [-0.1, -0.05) is 32.4 Å². The van der Waals surface area contributed by atoms with Gasteiger partial charge in [0.15, 0.2) is 0 Å². The second kappa shape index (κ2) is 6.71. The van der Waals surface area contributed by atoms with Crippen molar-refractivity contribution >= 4 is 12.1 Å². The fraction of sp³-hybridized carbons (Fsp3) is 0.765. The minimum absolute atomic E-state index is 0.396. The summed E-state index contributed by atoms with van der Waals surface area (Å²) in [6.07, 6.45) is 3.96. The molecule has 0 saturated carbocycles. The lowest BCUT2D eigenvalue weighted by Gasteiger charge is -2.39. The number of hydrogen-bond donors (Lipinski definition) is 2. The van der Waals surface area contributed by atoms with Crippen molar-refractivity contribution in [2.75, 3.05) is 0 Å². The summed E-state index contributed by atoms with van der Waals surface area (Å²) >= 11 is 0. The molecule has 0 radical (unpaired) electrons. The normalized spacial score (nSPS) is 26.8. The lowest BCUT2D eigenvalue weighted by molar-refractivity contribution is -0.142. The number of carbonyl (C=O) groups is 2. The Kier molecular flexibility index (Phi) is 5.65. The van der Waals surface area contributed by atoms with Gasteiger partial charge >= 0.3 is 12.1 Å². The summed E-state index contributed by atoms with van der Waals surface area (Å²) in [6.45, 7) is 11.3. The molecule has 0 saturated heterocycles. The van der Waals surface area contributed by atoms with E-state index in [1.54, 1.807) is 20.8 Å². The molecule has 5 heteroatoms. The van der Waals surface area contributed by atoms with Gasteiger partial charge < -0.3 is 15.2 Å². The number of aliphatic carboxylic acids is 1. The van der Waals surface area contributed by atoms with E-state index in [0.29, 0.717) is 5.92 Å². The highest BCUT2D eigenvalue weighted by Crippen LogP contribution is 2.41. The number of carbonyl (C=O) groups excluding carboxylic acids is 1. The molecular weight excluding hydrogens is 282 g/mol.